The Hall–Kier alpha value is -1.08. The first-order valence-electron chi connectivity index (χ1n) is 6.16. The number of nitrogens with zero attached hydrogens (tertiary/aromatic N) is 3. The zero-order valence-electron chi connectivity index (χ0n) is 9.85. The van der Waals surface area contributed by atoms with Gasteiger partial charge in [0.25, 0.3) is 0 Å². The number of carbonyl (C=O) groups is 1. The number of likely N-dealkylation sites (N-methyl/N-ethyl adjacent to an activating group) is 1. The van der Waals surface area contributed by atoms with Gasteiger partial charge in [-0.15, -0.1) is 0 Å². The molecule has 4 nitrogen and oxygen atoms in total. The fourth-order valence-corrected chi connectivity index (χ4v) is 2.74. The molecule has 2 aliphatic rings. The van der Waals surface area contributed by atoms with Gasteiger partial charge in [-0.1, -0.05) is 6.92 Å². The average molecular weight is 221 g/mol. The van der Waals surface area contributed by atoms with Crippen molar-refractivity contribution in [3.8, 4) is 6.07 Å². The topological polar surface area (TPSA) is 47.3 Å². The van der Waals surface area contributed by atoms with Gasteiger partial charge >= 0.3 is 0 Å². The number of likely N-dealkylation sites (tertiary alicyclic amines) is 2. The molecule has 2 heterocycles. The number of hydrogen-bond acceptors (Lipinski definition) is 3. The van der Waals surface area contributed by atoms with Crippen molar-refractivity contribution < 1.29 is 4.79 Å². The maximum Gasteiger partial charge on any atom is 0.224 e. The second-order valence-corrected chi connectivity index (χ2v) is 4.77. The summed E-state index contributed by atoms with van der Waals surface area (Å²) < 4.78 is 0. The van der Waals surface area contributed by atoms with Crippen LogP contribution in [0.2, 0.25) is 0 Å². The third-order valence-corrected chi connectivity index (χ3v) is 3.71. The summed E-state index contributed by atoms with van der Waals surface area (Å²) in [6.07, 6.45) is 2.69. The van der Waals surface area contributed by atoms with Crippen molar-refractivity contribution in [2.24, 2.45) is 5.92 Å². The molecule has 0 aromatic rings. The highest BCUT2D eigenvalue weighted by Crippen LogP contribution is 2.24. The van der Waals surface area contributed by atoms with Crippen LogP contribution in [-0.4, -0.2) is 47.9 Å². The van der Waals surface area contributed by atoms with E-state index in [9.17, 15) is 4.79 Å². The first-order valence-corrected chi connectivity index (χ1v) is 6.16. The summed E-state index contributed by atoms with van der Waals surface area (Å²) in [6.45, 7) is 6.00. The standard InChI is InChI=1S/C12H19N3O/c1-2-14-5-3-4-11(9-14)15-8-10(7-13)6-12(15)16/h10-11H,2-6,8-9H2,1H3. The molecule has 2 atom stereocenters. The van der Waals surface area contributed by atoms with Crippen molar-refractivity contribution in [3.63, 3.8) is 0 Å². The molecule has 1 amide bonds. The van der Waals surface area contributed by atoms with Gasteiger partial charge in [-0.3, -0.25) is 4.79 Å². The number of carbonyl (C=O) groups excluding carboxylic acids is 1. The Kier molecular flexibility index (Phi) is 3.45. The molecule has 0 aromatic heterocycles. The fraction of sp³-hybridized carbons (Fsp3) is 0.833. The Balaban J connectivity index is 1.97. The van der Waals surface area contributed by atoms with Gasteiger partial charge in [-0.2, -0.15) is 5.26 Å². The molecule has 16 heavy (non-hydrogen) atoms. The van der Waals surface area contributed by atoms with E-state index in [0.29, 0.717) is 19.0 Å². The molecule has 88 valence electrons. The lowest BCUT2D eigenvalue weighted by atomic mass is 10.0. The second-order valence-electron chi connectivity index (χ2n) is 4.77. The minimum atomic E-state index is -0.0792. The third kappa shape index (κ3) is 2.19. The van der Waals surface area contributed by atoms with Crippen LogP contribution in [0.25, 0.3) is 0 Å². The van der Waals surface area contributed by atoms with Gasteiger partial charge in [0.1, 0.15) is 0 Å². The lowest BCUT2D eigenvalue weighted by Gasteiger charge is -2.37. The van der Waals surface area contributed by atoms with E-state index in [4.69, 9.17) is 5.26 Å². The van der Waals surface area contributed by atoms with Gasteiger partial charge in [-0.25, -0.2) is 0 Å². The van der Waals surface area contributed by atoms with Gasteiger partial charge in [0.15, 0.2) is 0 Å². The molecular weight excluding hydrogens is 202 g/mol. The lowest BCUT2D eigenvalue weighted by Crippen LogP contribution is -2.48. The van der Waals surface area contributed by atoms with Crippen molar-refractivity contribution in [2.45, 2.75) is 32.2 Å². The van der Waals surface area contributed by atoms with Crippen molar-refractivity contribution in [1.29, 1.82) is 5.26 Å². The summed E-state index contributed by atoms with van der Waals surface area (Å²) >= 11 is 0. The highest BCUT2D eigenvalue weighted by molar-refractivity contribution is 5.79. The molecule has 0 aliphatic carbocycles. The summed E-state index contributed by atoms with van der Waals surface area (Å²) in [4.78, 5) is 16.1. The minimum Gasteiger partial charge on any atom is -0.337 e. The van der Waals surface area contributed by atoms with E-state index in [1.807, 2.05) is 4.90 Å². The number of hydrogen-bond donors (Lipinski definition) is 0. The minimum absolute atomic E-state index is 0.0792. The van der Waals surface area contributed by atoms with Crippen LogP contribution in [0.15, 0.2) is 0 Å². The molecule has 2 rings (SSSR count). The highest BCUT2D eigenvalue weighted by atomic mass is 16.2. The Morgan fingerprint density at radius 3 is 2.94 bits per heavy atom. The van der Waals surface area contributed by atoms with Crippen LogP contribution in [0.4, 0.5) is 0 Å². The average Bonchev–Trinajstić information content (AvgIpc) is 2.71. The Labute approximate surface area is 96.8 Å². The largest absolute Gasteiger partial charge is 0.337 e. The molecule has 2 aliphatic heterocycles. The summed E-state index contributed by atoms with van der Waals surface area (Å²) in [5, 5.41) is 8.86. The third-order valence-electron chi connectivity index (χ3n) is 3.71. The van der Waals surface area contributed by atoms with Gasteiger partial charge in [0.2, 0.25) is 5.91 Å². The van der Waals surface area contributed by atoms with Crippen LogP contribution in [0.3, 0.4) is 0 Å². The van der Waals surface area contributed by atoms with Gasteiger partial charge in [-0.05, 0) is 25.9 Å². The molecule has 0 spiro atoms. The predicted octanol–water partition coefficient (Wildman–Crippen LogP) is 0.843. The number of rotatable bonds is 2. The van der Waals surface area contributed by atoms with Crippen LogP contribution >= 0.6 is 0 Å². The molecule has 0 aromatic carbocycles. The van der Waals surface area contributed by atoms with Crippen molar-refractivity contribution in [2.75, 3.05) is 26.2 Å². The van der Waals surface area contributed by atoms with Gasteiger partial charge in [0, 0.05) is 25.6 Å². The van der Waals surface area contributed by atoms with E-state index in [2.05, 4.69) is 17.9 Å². The SMILES string of the molecule is CCN1CCCC(N2CC(C#N)CC2=O)C1. The maximum atomic E-state index is 11.8. The lowest BCUT2D eigenvalue weighted by molar-refractivity contribution is -0.130. The molecule has 0 radical (unpaired) electrons. The van der Waals surface area contributed by atoms with E-state index >= 15 is 0 Å². The van der Waals surface area contributed by atoms with Crippen molar-refractivity contribution >= 4 is 5.91 Å². The molecule has 2 unspecified atom stereocenters. The van der Waals surface area contributed by atoms with Crippen molar-refractivity contribution in [3.05, 3.63) is 0 Å². The quantitative estimate of drug-likeness (QED) is 0.694. The fourth-order valence-electron chi connectivity index (χ4n) is 2.74. The van der Waals surface area contributed by atoms with Crippen LogP contribution < -0.4 is 0 Å². The molecule has 2 saturated heterocycles. The van der Waals surface area contributed by atoms with Crippen LogP contribution in [0.5, 0.6) is 0 Å². The predicted molar refractivity (Wildman–Crippen MR) is 60.6 cm³/mol. The molecule has 0 bridgehead atoms. The van der Waals surface area contributed by atoms with E-state index < -0.39 is 0 Å². The first kappa shape index (κ1) is 11.4. The Morgan fingerprint density at radius 1 is 1.50 bits per heavy atom. The number of amides is 1. The highest BCUT2D eigenvalue weighted by Gasteiger charge is 2.35. The van der Waals surface area contributed by atoms with Crippen LogP contribution in [-0.2, 0) is 4.79 Å². The summed E-state index contributed by atoms with van der Waals surface area (Å²) in [7, 11) is 0. The van der Waals surface area contributed by atoms with E-state index in [-0.39, 0.29) is 11.8 Å². The zero-order valence-corrected chi connectivity index (χ0v) is 9.85. The first-order chi connectivity index (χ1) is 7.74. The smallest absolute Gasteiger partial charge is 0.224 e. The Bertz CT molecular complexity index is 310. The second kappa shape index (κ2) is 4.84. The van der Waals surface area contributed by atoms with Gasteiger partial charge < -0.3 is 9.80 Å². The monoisotopic (exact) mass is 221 g/mol. The zero-order chi connectivity index (χ0) is 11.5. The van der Waals surface area contributed by atoms with Crippen molar-refractivity contribution in [1.82, 2.24) is 9.80 Å². The summed E-state index contributed by atoms with van der Waals surface area (Å²) in [5.41, 5.74) is 0. The molecule has 0 saturated carbocycles. The van der Waals surface area contributed by atoms with E-state index in [1.54, 1.807) is 0 Å². The normalized spacial score (nSPS) is 31.8. The summed E-state index contributed by atoms with van der Waals surface area (Å²) in [6, 6.07) is 2.56. The van der Waals surface area contributed by atoms with Crippen LogP contribution in [0, 0.1) is 17.2 Å². The Morgan fingerprint density at radius 2 is 2.31 bits per heavy atom. The molecule has 4 heteroatoms. The van der Waals surface area contributed by atoms with Gasteiger partial charge in [0.05, 0.1) is 12.0 Å². The number of piperidine rings is 1. The molecular formula is C12H19N3O. The molecule has 0 N–H and O–H groups in total. The van der Waals surface area contributed by atoms with E-state index in [0.717, 1.165) is 26.1 Å². The van der Waals surface area contributed by atoms with Crippen LogP contribution in [0.1, 0.15) is 26.2 Å². The van der Waals surface area contributed by atoms with E-state index in [1.165, 1.54) is 6.42 Å². The number of nitriles is 1. The maximum absolute atomic E-state index is 11.8. The molecule has 2 fully saturated rings. The summed E-state index contributed by atoms with van der Waals surface area (Å²) in [5.74, 6) is 0.0963.